The van der Waals surface area contributed by atoms with Crippen molar-refractivity contribution < 1.29 is 4.74 Å². The van der Waals surface area contributed by atoms with E-state index >= 15 is 0 Å². The molecule has 0 bridgehead atoms. The van der Waals surface area contributed by atoms with Gasteiger partial charge in [-0.2, -0.15) is 5.10 Å². The van der Waals surface area contributed by atoms with Crippen LogP contribution < -0.4 is 5.43 Å². The summed E-state index contributed by atoms with van der Waals surface area (Å²) < 4.78 is 5.55. The van der Waals surface area contributed by atoms with Gasteiger partial charge in [0.05, 0.1) is 18.4 Å². The van der Waals surface area contributed by atoms with Crippen molar-refractivity contribution in [1.29, 1.82) is 0 Å². The molecule has 0 saturated carbocycles. The van der Waals surface area contributed by atoms with Crippen LogP contribution in [0.2, 0.25) is 5.02 Å². The summed E-state index contributed by atoms with van der Waals surface area (Å²) in [5.41, 5.74) is 5.13. The van der Waals surface area contributed by atoms with E-state index in [1.807, 2.05) is 24.3 Å². The molecular formula is C14H16ClN3OS. The summed E-state index contributed by atoms with van der Waals surface area (Å²) in [5.74, 6) is 0.818. The lowest BCUT2D eigenvalue weighted by molar-refractivity contribution is 0.118. The van der Waals surface area contributed by atoms with Gasteiger partial charge in [-0.1, -0.05) is 35.5 Å². The molecule has 6 heteroatoms. The number of thioether (sulfide) groups is 1. The number of hydrogen-bond donors (Lipinski definition) is 1. The van der Waals surface area contributed by atoms with Gasteiger partial charge in [0.2, 0.25) is 0 Å². The fraction of sp³-hybridized carbons (Fsp3) is 0.429. The summed E-state index contributed by atoms with van der Waals surface area (Å²) in [6, 6.07) is 7.73. The Morgan fingerprint density at radius 2 is 2.25 bits per heavy atom. The summed E-state index contributed by atoms with van der Waals surface area (Å²) in [7, 11) is 0. The number of aliphatic imine (C=N–C) groups is 1. The number of ether oxygens (including phenoxy) is 1. The van der Waals surface area contributed by atoms with Gasteiger partial charge in [0.15, 0.2) is 5.17 Å². The second kappa shape index (κ2) is 6.61. The van der Waals surface area contributed by atoms with Gasteiger partial charge in [-0.15, -0.1) is 0 Å². The zero-order valence-electron chi connectivity index (χ0n) is 11.0. The summed E-state index contributed by atoms with van der Waals surface area (Å²) in [6.07, 6.45) is 2.54. The van der Waals surface area contributed by atoms with Crippen LogP contribution in [-0.4, -0.2) is 35.9 Å². The number of amidine groups is 1. The number of benzene rings is 1. The topological polar surface area (TPSA) is 46.0 Å². The highest BCUT2D eigenvalue weighted by atomic mass is 35.5. The first kappa shape index (κ1) is 13.9. The number of nitrogens with zero attached hydrogens (tertiary/aromatic N) is 2. The van der Waals surface area contributed by atoms with Crippen LogP contribution in [0.4, 0.5) is 0 Å². The highest BCUT2D eigenvalue weighted by Gasteiger charge is 2.17. The number of hydrazone groups is 1. The Bertz CT molecular complexity index is 524. The van der Waals surface area contributed by atoms with E-state index in [1.165, 1.54) is 0 Å². The molecule has 0 spiro atoms. The number of nitrogens with one attached hydrogen (secondary N) is 1. The van der Waals surface area contributed by atoms with Crippen LogP contribution in [-0.2, 0) is 4.74 Å². The van der Waals surface area contributed by atoms with Crippen molar-refractivity contribution in [3.8, 4) is 0 Å². The fourth-order valence-electron chi connectivity index (χ4n) is 2.16. The maximum absolute atomic E-state index is 5.89. The van der Waals surface area contributed by atoms with Gasteiger partial charge in [-0.25, -0.2) is 0 Å². The second-order valence-electron chi connectivity index (χ2n) is 4.75. The van der Waals surface area contributed by atoms with Gasteiger partial charge in [-0.05, 0) is 30.5 Å². The van der Waals surface area contributed by atoms with Crippen LogP contribution in [0.25, 0.3) is 0 Å². The van der Waals surface area contributed by atoms with Crippen molar-refractivity contribution in [3.05, 3.63) is 34.9 Å². The average Bonchev–Trinajstić information content (AvgIpc) is 3.00. The molecular weight excluding hydrogens is 294 g/mol. The second-order valence-corrected chi connectivity index (χ2v) is 6.15. The first-order valence-electron chi connectivity index (χ1n) is 6.68. The molecule has 2 aliphatic rings. The van der Waals surface area contributed by atoms with Crippen LogP contribution in [0.3, 0.4) is 0 Å². The SMILES string of the molecule is Clc1ccc(C2=NNC(=NC[C@H]3CCCO3)SC2)cc1. The Hall–Kier alpha value is -1.04. The zero-order valence-corrected chi connectivity index (χ0v) is 12.6. The molecule has 0 radical (unpaired) electrons. The lowest BCUT2D eigenvalue weighted by Crippen LogP contribution is -2.26. The minimum atomic E-state index is 0.284. The molecule has 1 aromatic carbocycles. The normalized spacial score (nSPS) is 24.6. The van der Waals surface area contributed by atoms with Gasteiger partial charge < -0.3 is 4.74 Å². The lowest BCUT2D eigenvalue weighted by atomic mass is 10.1. The number of rotatable bonds is 3. The third-order valence-electron chi connectivity index (χ3n) is 3.27. The first-order chi connectivity index (χ1) is 9.81. The minimum absolute atomic E-state index is 0.284. The Labute approximate surface area is 127 Å². The van der Waals surface area contributed by atoms with Gasteiger partial charge in [0.1, 0.15) is 0 Å². The van der Waals surface area contributed by atoms with Crippen LogP contribution in [0.15, 0.2) is 34.4 Å². The van der Waals surface area contributed by atoms with Crippen LogP contribution in [0, 0.1) is 0 Å². The fourth-order valence-corrected chi connectivity index (χ4v) is 3.07. The number of halogens is 1. The highest BCUT2D eigenvalue weighted by Crippen LogP contribution is 2.17. The van der Waals surface area contributed by atoms with E-state index in [0.29, 0.717) is 0 Å². The highest BCUT2D eigenvalue weighted by molar-refractivity contribution is 8.14. The third-order valence-corrected chi connectivity index (χ3v) is 4.44. The van der Waals surface area contributed by atoms with Crippen molar-refractivity contribution in [3.63, 3.8) is 0 Å². The molecule has 3 rings (SSSR count). The summed E-state index contributed by atoms with van der Waals surface area (Å²) in [6.45, 7) is 1.59. The molecule has 1 atom stereocenters. The predicted molar refractivity (Wildman–Crippen MR) is 84.9 cm³/mol. The van der Waals surface area contributed by atoms with Crippen molar-refractivity contribution >= 4 is 34.2 Å². The molecule has 106 valence electrons. The van der Waals surface area contributed by atoms with Crippen molar-refractivity contribution in [1.82, 2.24) is 5.43 Å². The first-order valence-corrected chi connectivity index (χ1v) is 8.05. The largest absolute Gasteiger partial charge is 0.376 e. The van der Waals surface area contributed by atoms with E-state index in [-0.39, 0.29) is 6.10 Å². The Balaban J connectivity index is 1.59. The molecule has 1 aromatic rings. The molecule has 0 amide bonds. The van der Waals surface area contributed by atoms with Crippen LogP contribution in [0.1, 0.15) is 18.4 Å². The molecule has 1 fully saturated rings. The molecule has 0 aromatic heterocycles. The maximum atomic E-state index is 5.89. The molecule has 20 heavy (non-hydrogen) atoms. The predicted octanol–water partition coefficient (Wildman–Crippen LogP) is 2.92. The quantitative estimate of drug-likeness (QED) is 0.934. The Kier molecular flexibility index (Phi) is 4.60. The van der Waals surface area contributed by atoms with E-state index in [2.05, 4.69) is 15.5 Å². The van der Waals surface area contributed by atoms with E-state index in [1.54, 1.807) is 11.8 Å². The molecule has 1 saturated heterocycles. The van der Waals surface area contributed by atoms with E-state index in [9.17, 15) is 0 Å². The average molecular weight is 310 g/mol. The van der Waals surface area contributed by atoms with Crippen LogP contribution in [0.5, 0.6) is 0 Å². The lowest BCUT2D eigenvalue weighted by Gasteiger charge is -2.15. The van der Waals surface area contributed by atoms with E-state index in [0.717, 1.165) is 53.2 Å². The maximum Gasteiger partial charge on any atom is 0.177 e. The third kappa shape index (κ3) is 3.53. The smallest absolute Gasteiger partial charge is 0.177 e. The standard InChI is InChI=1S/C14H16ClN3OS/c15-11-5-3-10(4-6-11)13-9-20-14(18-17-13)16-8-12-2-1-7-19-12/h3-6,12H,1-2,7-9H2,(H,16,18)/t12-/m1/s1. The summed E-state index contributed by atoms with van der Waals surface area (Å²) in [4.78, 5) is 4.52. The molecule has 1 N–H and O–H groups in total. The minimum Gasteiger partial charge on any atom is -0.376 e. The summed E-state index contributed by atoms with van der Waals surface area (Å²) in [5, 5.41) is 6.00. The van der Waals surface area contributed by atoms with Gasteiger partial charge in [0.25, 0.3) is 0 Å². The van der Waals surface area contributed by atoms with Gasteiger partial charge in [-0.3, -0.25) is 10.4 Å². The van der Waals surface area contributed by atoms with Gasteiger partial charge >= 0.3 is 0 Å². The molecule has 2 aliphatic heterocycles. The van der Waals surface area contributed by atoms with Crippen molar-refractivity contribution in [2.24, 2.45) is 10.1 Å². The summed E-state index contributed by atoms with van der Waals surface area (Å²) >= 11 is 7.56. The Morgan fingerprint density at radius 1 is 1.40 bits per heavy atom. The zero-order chi connectivity index (χ0) is 13.8. The van der Waals surface area contributed by atoms with Crippen LogP contribution >= 0.6 is 23.4 Å². The molecule has 2 heterocycles. The number of hydrogen-bond acceptors (Lipinski definition) is 4. The molecule has 4 nitrogen and oxygen atoms in total. The van der Waals surface area contributed by atoms with E-state index in [4.69, 9.17) is 16.3 Å². The van der Waals surface area contributed by atoms with Crippen molar-refractivity contribution in [2.45, 2.75) is 18.9 Å². The van der Waals surface area contributed by atoms with Crippen molar-refractivity contribution in [2.75, 3.05) is 18.9 Å². The Morgan fingerprint density at radius 3 is 2.90 bits per heavy atom. The van der Waals surface area contributed by atoms with E-state index < -0.39 is 0 Å². The molecule has 0 aliphatic carbocycles. The monoisotopic (exact) mass is 309 g/mol. The molecule has 0 unspecified atom stereocenters. The van der Waals surface area contributed by atoms with Gasteiger partial charge in [0, 0.05) is 17.4 Å².